The monoisotopic (exact) mass is 793 g/mol. The highest BCUT2D eigenvalue weighted by atomic mass is 16.3. The van der Waals surface area contributed by atoms with E-state index >= 15 is 0 Å². The molecule has 9 aromatic carbocycles. The van der Waals surface area contributed by atoms with E-state index in [0.717, 1.165) is 71.7 Å². The Balaban J connectivity index is 0.985. The minimum Gasteiger partial charge on any atom is -0.455 e. The van der Waals surface area contributed by atoms with Crippen LogP contribution in [0.3, 0.4) is 0 Å². The van der Waals surface area contributed by atoms with E-state index < -0.39 is 0 Å². The fourth-order valence-electron chi connectivity index (χ4n) is 9.01. The van der Waals surface area contributed by atoms with Crippen molar-refractivity contribution in [1.29, 1.82) is 0 Å². The molecule has 7 heteroatoms. The topological polar surface area (TPSA) is 90.7 Å². The van der Waals surface area contributed by atoms with Gasteiger partial charge in [-0.05, 0) is 74.8 Å². The van der Waals surface area contributed by atoms with Gasteiger partial charge < -0.3 is 8.83 Å². The molecule has 0 fully saturated rings. The van der Waals surface area contributed by atoms with Crippen molar-refractivity contribution in [1.82, 2.24) is 24.9 Å². The summed E-state index contributed by atoms with van der Waals surface area (Å²) in [6, 6.07) is 64.2. The molecule has 13 aromatic rings. The molecule has 0 amide bonds. The van der Waals surface area contributed by atoms with Gasteiger partial charge in [0.05, 0.1) is 5.56 Å². The number of rotatable bonds is 5. The smallest absolute Gasteiger partial charge is 0.180 e. The number of nitrogens with zero attached hydrogens (tertiary/aromatic N) is 5. The molecule has 0 unspecified atom stereocenters. The molecule has 0 aliphatic carbocycles. The average Bonchev–Trinajstić information content (AvgIpc) is 3.92. The van der Waals surface area contributed by atoms with Crippen molar-refractivity contribution >= 4 is 76.3 Å². The molecule has 0 N–H and O–H groups in total. The summed E-state index contributed by atoms with van der Waals surface area (Å²) in [6.07, 6.45) is 0. The van der Waals surface area contributed by atoms with Gasteiger partial charge in [0.1, 0.15) is 28.0 Å². The van der Waals surface area contributed by atoms with Crippen LogP contribution in [0.2, 0.25) is 0 Å². The molecule has 13 rings (SSSR count). The van der Waals surface area contributed by atoms with Crippen molar-refractivity contribution in [2.24, 2.45) is 0 Å². The molecule has 7 nitrogen and oxygen atoms in total. The highest BCUT2D eigenvalue weighted by Gasteiger charge is 2.22. The molecule has 0 atom stereocenters. The van der Waals surface area contributed by atoms with Crippen LogP contribution in [-0.4, -0.2) is 24.9 Å². The van der Waals surface area contributed by atoms with Crippen molar-refractivity contribution in [2.75, 3.05) is 0 Å². The van der Waals surface area contributed by atoms with Crippen molar-refractivity contribution in [3.63, 3.8) is 0 Å². The molecule has 0 saturated heterocycles. The Hall–Kier alpha value is -8.55. The van der Waals surface area contributed by atoms with Gasteiger partial charge in [0.25, 0.3) is 0 Å². The lowest BCUT2D eigenvalue weighted by Crippen LogP contribution is -2.00. The van der Waals surface area contributed by atoms with E-state index in [0.29, 0.717) is 34.5 Å². The van der Waals surface area contributed by atoms with Gasteiger partial charge in [0.15, 0.2) is 28.9 Å². The van der Waals surface area contributed by atoms with E-state index in [-0.39, 0.29) is 0 Å². The minimum absolute atomic E-state index is 0.554. The summed E-state index contributed by atoms with van der Waals surface area (Å²) in [6.45, 7) is 0. The van der Waals surface area contributed by atoms with Crippen molar-refractivity contribution in [2.45, 2.75) is 0 Å². The Morgan fingerprint density at radius 1 is 0.274 bits per heavy atom. The fourth-order valence-corrected chi connectivity index (χ4v) is 9.01. The molecule has 4 aromatic heterocycles. The maximum absolute atomic E-state index is 6.69. The van der Waals surface area contributed by atoms with Gasteiger partial charge in [-0.15, -0.1) is 0 Å². The van der Waals surface area contributed by atoms with E-state index in [1.54, 1.807) is 0 Å². The Bertz CT molecular complexity index is 3900. The summed E-state index contributed by atoms with van der Waals surface area (Å²) in [5, 5.41) is 10.0. The van der Waals surface area contributed by atoms with E-state index in [1.807, 2.05) is 109 Å². The summed E-state index contributed by atoms with van der Waals surface area (Å²) < 4.78 is 13.1. The summed E-state index contributed by atoms with van der Waals surface area (Å²) in [5.74, 6) is 2.32. The van der Waals surface area contributed by atoms with Crippen molar-refractivity contribution in [3.8, 4) is 56.8 Å². The van der Waals surface area contributed by atoms with Gasteiger partial charge in [-0.1, -0.05) is 146 Å². The molecule has 0 aliphatic heterocycles. The Morgan fingerprint density at radius 3 is 1.47 bits per heavy atom. The first-order chi connectivity index (χ1) is 30.7. The van der Waals surface area contributed by atoms with Gasteiger partial charge >= 0.3 is 0 Å². The lowest BCUT2D eigenvalue weighted by Gasteiger charge is -2.12. The number of fused-ring (bicyclic) bond motifs is 12. The fraction of sp³-hybridized carbons (Fsp3) is 0. The average molecular weight is 794 g/mol. The zero-order valence-corrected chi connectivity index (χ0v) is 33.0. The third-order valence-corrected chi connectivity index (χ3v) is 11.9. The first-order valence-electron chi connectivity index (χ1n) is 20.6. The van der Waals surface area contributed by atoms with Gasteiger partial charge in [-0.3, -0.25) is 0 Å². The zero-order chi connectivity index (χ0) is 40.7. The van der Waals surface area contributed by atoms with Crippen LogP contribution in [0.25, 0.3) is 133 Å². The van der Waals surface area contributed by atoms with Crippen LogP contribution in [0.5, 0.6) is 0 Å². The number of para-hydroxylation sites is 2. The summed E-state index contributed by atoms with van der Waals surface area (Å²) in [4.78, 5) is 25.7. The summed E-state index contributed by atoms with van der Waals surface area (Å²) in [7, 11) is 0. The number of hydrogen-bond donors (Lipinski definition) is 0. The van der Waals surface area contributed by atoms with Gasteiger partial charge in [0.2, 0.25) is 0 Å². The lowest BCUT2D eigenvalue weighted by molar-refractivity contribution is 0.666. The van der Waals surface area contributed by atoms with Crippen LogP contribution in [0.1, 0.15) is 0 Å². The molecular formula is C55H31N5O2. The number of benzene rings is 9. The second-order valence-electron chi connectivity index (χ2n) is 15.6. The second-order valence-corrected chi connectivity index (χ2v) is 15.6. The van der Waals surface area contributed by atoms with Crippen LogP contribution in [0, 0.1) is 0 Å². The summed E-state index contributed by atoms with van der Waals surface area (Å²) in [5.41, 5.74) is 8.73. The lowest BCUT2D eigenvalue weighted by atomic mass is 9.93. The van der Waals surface area contributed by atoms with Crippen LogP contribution in [0.4, 0.5) is 0 Å². The molecule has 0 bridgehead atoms. The SMILES string of the molecule is c1ccc(-c2nc(-c3ccc4oc5c(-c6nc(-c7ccccc7)c7oc8ccccc8c7n6)cccc5c4c3)nc(-c3ccc4c5ccccc5c5ccccc5c4c3)n2)cc1. The molecule has 4 heterocycles. The zero-order valence-electron chi connectivity index (χ0n) is 33.0. The van der Waals surface area contributed by atoms with Gasteiger partial charge in [0, 0.05) is 38.4 Å². The molecule has 288 valence electrons. The van der Waals surface area contributed by atoms with E-state index in [2.05, 4.69) is 78.9 Å². The minimum atomic E-state index is 0.554. The van der Waals surface area contributed by atoms with Gasteiger partial charge in [-0.2, -0.15) is 0 Å². The Morgan fingerprint density at radius 2 is 0.774 bits per heavy atom. The molecule has 0 spiro atoms. The Kier molecular flexibility index (Phi) is 7.47. The Labute approximate surface area is 353 Å². The van der Waals surface area contributed by atoms with Crippen molar-refractivity contribution in [3.05, 3.63) is 188 Å². The maximum Gasteiger partial charge on any atom is 0.180 e. The predicted octanol–water partition coefficient (Wildman–Crippen LogP) is 14.3. The molecule has 0 saturated carbocycles. The largest absolute Gasteiger partial charge is 0.455 e. The molecule has 0 aliphatic rings. The number of furan rings is 2. The van der Waals surface area contributed by atoms with Crippen LogP contribution in [-0.2, 0) is 0 Å². The van der Waals surface area contributed by atoms with Crippen LogP contribution < -0.4 is 0 Å². The predicted molar refractivity (Wildman–Crippen MR) is 250 cm³/mol. The second kappa shape index (κ2) is 13.5. The van der Waals surface area contributed by atoms with Gasteiger partial charge in [-0.25, -0.2) is 24.9 Å². The third kappa shape index (κ3) is 5.35. The van der Waals surface area contributed by atoms with Crippen LogP contribution in [0.15, 0.2) is 197 Å². The quantitative estimate of drug-likeness (QED) is 0.160. The third-order valence-electron chi connectivity index (χ3n) is 11.9. The first-order valence-corrected chi connectivity index (χ1v) is 20.6. The van der Waals surface area contributed by atoms with E-state index in [4.69, 9.17) is 33.8 Å². The van der Waals surface area contributed by atoms with Crippen LogP contribution >= 0.6 is 0 Å². The van der Waals surface area contributed by atoms with E-state index in [9.17, 15) is 0 Å². The number of aromatic nitrogens is 5. The van der Waals surface area contributed by atoms with Crippen molar-refractivity contribution < 1.29 is 8.83 Å². The number of hydrogen-bond acceptors (Lipinski definition) is 7. The highest BCUT2D eigenvalue weighted by molar-refractivity contribution is 6.25. The maximum atomic E-state index is 6.69. The summed E-state index contributed by atoms with van der Waals surface area (Å²) >= 11 is 0. The highest BCUT2D eigenvalue weighted by Crippen LogP contribution is 2.41. The normalized spacial score (nSPS) is 11.9. The molecular weight excluding hydrogens is 763 g/mol. The molecule has 0 radical (unpaired) electrons. The first kappa shape index (κ1) is 34.3. The standard InChI is InChI=1S/C55H31N5O2/c1-3-14-32(15-4-1)48-51-49(42-22-11-12-25-46(42)62-51)57-55(56-48)43-24-13-23-41-45-31-35(27-29-47(45)61-50(41)43)54-59-52(33-16-5-2-6-17-33)58-53(60-54)34-26-28-40-38-20-8-7-18-36(38)37-19-9-10-21-39(37)44(40)30-34/h1-31H. The van der Waals surface area contributed by atoms with E-state index in [1.165, 1.54) is 26.9 Å². The molecule has 62 heavy (non-hydrogen) atoms.